The zero-order chi connectivity index (χ0) is 36.9. The Morgan fingerprint density at radius 2 is 0.646 bits per heavy atom. The average Bonchev–Trinajstić information content (AvgIpc) is 3.06. The molecule has 0 atom stereocenters. The van der Waals surface area contributed by atoms with Crippen LogP contribution in [0, 0.1) is 0 Å². The molecule has 0 amide bonds. The molecule has 0 saturated carbocycles. The van der Waals surface area contributed by atoms with Crippen molar-refractivity contribution in [3.05, 3.63) is 36.5 Å². The van der Waals surface area contributed by atoms with Crippen LogP contribution < -0.4 is 0 Å². The van der Waals surface area contributed by atoms with Gasteiger partial charge in [-0.2, -0.15) is 0 Å². The Hall–Kier alpha value is -2.49. The van der Waals surface area contributed by atoms with Crippen LogP contribution in [0.1, 0.15) is 175 Å². The number of allylic oxidation sites excluding steroid dienone is 6. The summed E-state index contributed by atoms with van der Waals surface area (Å²) in [6.07, 6.45) is 36.8. The molecule has 0 radical (unpaired) electrons. The smallest absolute Gasteiger partial charge is 0.303 e. The minimum absolute atomic E-state index is 0.292. The van der Waals surface area contributed by atoms with Gasteiger partial charge in [0.2, 0.25) is 0 Å². The number of carboxylic acid groups (broad SMARTS) is 3. The molecule has 0 aliphatic rings. The zero-order valence-corrected chi connectivity index (χ0v) is 30.8. The SMILES string of the molecule is CCCCCCC=CCCCC(=O)O.CCCCCCC=CCCCC(=O)O.CCCCCCC=CCCCC(=O)O.OCC(O)CO. The predicted molar refractivity (Wildman–Crippen MR) is 198 cm³/mol. The Morgan fingerprint density at radius 3 is 0.812 bits per heavy atom. The van der Waals surface area contributed by atoms with Gasteiger partial charge in [-0.25, -0.2) is 0 Å². The first-order chi connectivity index (χ1) is 23.1. The molecule has 6 N–H and O–H groups in total. The van der Waals surface area contributed by atoms with E-state index in [1.807, 2.05) is 0 Å². The van der Waals surface area contributed by atoms with Crippen LogP contribution in [0.25, 0.3) is 0 Å². The van der Waals surface area contributed by atoms with Gasteiger partial charge in [0.15, 0.2) is 0 Å². The van der Waals surface area contributed by atoms with E-state index in [0.29, 0.717) is 19.3 Å². The van der Waals surface area contributed by atoms with Gasteiger partial charge in [-0.3, -0.25) is 14.4 Å². The molecule has 0 aromatic carbocycles. The molecule has 9 nitrogen and oxygen atoms in total. The van der Waals surface area contributed by atoms with Gasteiger partial charge in [-0.15, -0.1) is 0 Å². The van der Waals surface area contributed by atoms with Gasteiger partial charge in [0.05, 0.1) is 13.2 Å². The molecule has 0 spiro atoms. The lowest BCUT2D eigenvalue weighted by Gasteiger charge is -1.96. The Kier molecular flexibility index (Phi) is 53.3. The van der Waals surface area contributed by atoms with E-state index in [1.165, 1.54) is 77.0 Å². The lowest BCUT2D eigenvalue weighted by molar-refractivity contribution is -0.138. The van der Waals surface area contributed by atoms with Crippen molar-refractivity contribution >= 4 is 17.9 Å². The summed E-state index contributed by atoms with van der Waals surface area (Å²) in [6.45, 7) is 5.90. The first kappa shape index (κ1) is 52.3. The van der Waals surface area contributed by atoms with Gasteiger partial charge in [0, 0.05) is 19.3 Å². The van der Waals surface area contributed by atoms with Crippen LogP contribution in [0.4, 0.5) is 0 Å². The third-order valence-corrected chi connectivity index (χ3v) is 6.88. The van der Waals surface area contributed by atoms with Crippen molar-refractivity contribution in [2.75, 3.05) is 13.2 Å². The Morgan fingerprint density at radius 1 is 0.417 bits per heavy atom. The number of unbranched alkanes of at least 4 members (excludes halogenated alkanes) is 15. The molecule has 9 heteroatoms. The fraction of sp³-hybridized carbons (Fsp3) is 0.769. The molecule has 0 bridgehead atoms. The maximum atomic E-state index is 10.2. The summed E-state index contributed by atoms with van der Waals surface area (Å²) in [4.78, 5) is 30.5. The molecule has 0 heterocycles. The van der Waals surface area contributed by atoms with E-state index in [9.17, 15) is 14.4 Å². The maximum Gasteiger partial charge on any atom is 0.303 e. The monoisotopic (exact) mass is 687 g/mol. The highest BCUT2D eigenvalue weighted by atomic mass is 16.4. The van der Waals surface area contributed by atoms with Gasteiger partial charge < -0.3 is 30.6 Å². The van der Waals surface area contributed by atoms with Gasteiger partial charge in [-0.05, 0) is 77.0 Å². The summed E-state index contributed by atoms with van der Waals surface area (Å²) in [5, 5.41) is 49.2. The van der Waals surface area contributed by atoms with Crippen LogP contribution >= 0.6 is 0 Å². The van der Waals surface area contributed by atoms with E-state index in [1.54, 1.807) is 0 Å². The van der Waals surface area contributed by atoms with Crippen molar-refractivity contribution in [3.63, 3.8) is 0 Å². The zero-order valence-electron chi connectivity index (χ0n) is 30.8. The summed E-state index contributed by atoms with van der Waals surface area (Å²) in [6, 6.07) is 0. The Bertz CT molecular complexity index is 653. The third-order valence-electron chi connectivity index (χ3n) is 6.88. The van der Waals surface area contributed by atoms with Crippen molar-refractivity contribution < 1.29 is 45.0 Å². The number of carbonyl (C=O) groups is 3. The van der Waals surface area contributed by atoms with E-state index in [2.05, 4.69) is 57.2 Å². The molecular weight excluding hydrogens is 612 g/mol. The average molecular weight is 687 g/mol. The van der Waals surface area contributed by atoms with E-state index >= 15 is 0 Å². The second-order valence-corrected chi connectivity index (χ2v) is 11.8. The second-order valence-electron chi connectivity index (χ2n) is 11.8. The number of aliphatic hydroxyl groups is 3. The molecule has 0 aromatic heterocycles. The van der Waals surface area contributed by atoms with Crippen LogP contribution in [0.3, 0.4) is 0 Å². The van der Waals surface area contributed by atoms with Gasteiger partial charge in [0.1, 0.15) is 6.10 Å². The molecule has 0 aromatic rings. The molecular formula is C39H74O9. The van der Waals surface area contributed by atoms with Gasteiger partial charge in [-0.1, -0.05) is 115 Å². The van der Waals surface area contributed by atoms with Gasteiger partial charge >= 0.3 is 17.9 Å². The van der Waals surface area contributed by atoms with Crippen LogP contribution in [0.15, 0.2) is 36.5 Å². The first-order valence-electron chi connectivity index (χ1n) is 18.6. The lowest BCUT2D eigenvalue weighted by Crippen LogP contribution is -2.15. The summed E-state index contributed by atoms with van der Waals surface area (Å²) in [5.74, 6) is -2.08. The maximum absolute atomic E-state index is 10.2. The Balaban J connectivity index is -0.000000279. The second kappa shape index (κ2) is 48.9. The number of carboxylic acids is 3. The molecule has 0 rings (SSSR count). The third kappa shape index (κ3) is 66.0. The predicted octanol–water partition coefficient (Wildman–Crippen LogP) is 9.64. The molecule has 0 aliphatic heterocycles. The highest BCUT2D eigenvalue weighted by molar-refractivity contribution is 5.67. The van der Waals surface area contributed by atoms with Gasteiger partial charge in [0.25, 0.3) is 0 Å². The van der Waals surface area contributed by atoms with Crippen LogP contribution in [0.5, 0.6) is 0 Å². The van der Waals surface area contributed by atoms with Crippen molar-refractivity contribution in [2.24, 2.45) is 0 Å². The van der Waals surface area contributed by atoms with Crippen molar-refractivity contribution in [1.82, 2.24) is 0 Å². The molecule has 0 unspecified atom stereocenters. The Labute approximate surface area is 293 Å². The minimum atomic E-state index is -0.954. The largest absolute Gasteiger partial charge is 0.481 e. The van der Waals surface area contributed by atoms with Crippen LogP contribution in [0.2, 0.25) is 0 Å². The summed E-state index contributed by atoms with van der Waals surface area (Å²) >= 11 is 0. The van der Waals surface area contributed by atoms with Crippen molar-refractivity contribution in [3.8, 4) is 0 Å². The van der Waals surface area contributed by atoms with E-state index in [4.69, 9.17) is 30.6 Å². The highest BCUT2D eigenvalue weighted by Gasteiger charge is 1.95. The molecule has 48 heavy (non-hydrogen) atoms. The first-order valence-corrected chi connectivity index (χ1v) is 18.6. The number of aliphatic carboxylic acids is 3. The number of aliphatic hydroxyl groups excluding tert-OH is 3. The summed E-state index contributed by atoms with van der Waals surface area (Å²) in [5.41, 5.74) is 0. The van der Waals surface area contributed by atoms with Crippen molar-refractivity contribution in [1.29, 1.82) is 0 Å². The number of hydrogen-bond donors (Lipinski definition) is 6. The summed E-state index contributed by atoms with van der Waals surface area (Å²) in [7, 11) is 0. The van der Waals surface area contributed by atoms with E-state index < -0.39 is 24.0 Å². The lowest BCUT2D eigenvalue weighted by atomic mass is 10.1. The standard InChI is InChI=1S/3C12H22O2.C3H8O3/c3*1-2-3-4-5-6-7-8-9-10-11-12(13)14;4-1-3(6)2-5/h3*7-8H,2-6,9-11H2,1H3,(H,13,14);3-6H,1-2H2. The highest BCUT2D eigenvalue weighted by Crippen LogP contribution is 2.06. The normalized spacial score (nSPS) is 10.8. The van der Waals surface area contributed by atoms with Crippen LogP contribution in [-0.4, -0.2) is 67.9 Å². The van der Waals surface area contributed by atoms with E-state index in [-0.39, 0.29) is 13.2 Å². The van der Waals surface area contributed by atoms with Crippen LogP contribution in [-0.2, 0) is 14.4 Å². The quantitative estimate of drug-likeness (QED) is 0.0331. The molecule has 0 saturated heterocycles. The summed E-state index contributed by atoms with van der Waals surface area (Å²) < 4.78 is 0. The minimum Gasteiger partial charge on any atom is -0.481 e. The molecule has 284 valence electrons. The molecule has 0 aliphatic carbocycles. The molecule has 0 fully saturated rings. The fourth-order valence-corrected chi connectivity index (χ4v) is 3.95. The number of hydrogen-bond acceptors (Lipinski definition) is 6. The number of rotatable bonds is 29. The van der Waals surface area contributed by atoms with Crippen molar-refractivity contribution in [2.45, 2.75) is 181 Å². The van der Waals surface area contributed by atoms with E-state index in [0.717, 1.165) is 57.8 Å². The fourth-order valence-electron chi connectivity index (χ4n) is 3.95. The topological polar surface area (TPSA) is 173 Å².